The molecular formula is C27H28ClFN4O. The molecule has 2 heterocycles. The average Bonchev–Trinajstić information content (AvgIpc) is 2.80. The van der Waals surface area contributed by atoms with Gasteiger partial charge in [-0.15, -0.1) is 12.4 Å². The van der Waals surface area contributed by atoms with Crippen molar-refractivity contribution in [1.29, 1.82) is 0 Å². The quantitative estimate of drug-likeness (QED) is 0.354. The van der Waals surface area contributed by atoms with Crippen molar-refractivity contribution >= 4 is 40.8 Å². The monoisotopic (exact) mass is 478 g/mol. The van der Waals surface area contributed by atoms with E-state index in [9.17, 15) is 4.39 Å². The number of anilines is 3. The highest BCUT2D eigenvalue weighted by Gasteiger charge is 2.27. The smallest absolute Gasteiger partial charge is 0.229 e. The lowest BCUT2D eigenvalue weighted by molar-refractivity contribution is 0.419. The molecule has 4 aromatic rings. The minimum atomic E-state index is -0.268. The summed E-state index contributed by atoms with van der Waals surface area (Å²) in [6.07, 6.45) is 0.955. The number of benzene rings is 3. The number of para-hydroxylation sites is 1. The van der Waals surface area contributed by atoms with Crippen LogP contribution in [0.5, 0.6) is 5.75 Å². The van der Waals surface area contributed by atoms with Crippen LogP contribution >= 0.6 is 12.4 Å². The Labute approximate surface area is 205 Å². The maximum absolute atomic E-state index is 13.6. The largest absolute Gasteiger partial charge is 0.494 e. The summed E-state index contributed by atoms with van der Waals surface area (Å²) in [5, 5.41) is 4.24. The van der Waals surface area contributed by atoms with E-state index in [0.717, 1.165) is 40.9 Å². The van der Waals surface area contributed by atoms with Gasteiger partial charge in [0.2, 0.25) is 5.95 Å². The molecule has 1 atom stereocenters. The molecule has 34 heavy (non-hydrogen) atoms. The molecule has 5 nitrogen and oxygen atoms in total. The minimum absolute atomic E-state index is 0. The van der Waals surface area contributed by atoms with Gasteiger partial charge in [-0.2, -0.15) is 4.98 Å². The first kappa shape index (κ1) is 23.8. The van der Waals surface area contributed by atoms with E-state index in [4.69, 9.17) is 14.7 Å². The van der Waals surface area contributed by atoms with Crippen molar-refractivity contribution in [3.63, 3.8) is 0 Å². The number of halogens is 2. The van der Waals surface area contributed by atoms with Crippen LogP contribution in [0.1, 0.15) is 35.2 Å². The number of nitrogens with one attached hydrogen (secondary N) is 1. The fourth-order valence-electron chi connectivity index (χ4n) is 4.69. The molecule has 0 saturated heterocycles. The van der Waals surface area contributed by atoms with Gasteiger partial charge >= 0.3 is 0 Å². The van der Waals surface area contributed by atoms with Crippen LogP contribution in [0.3, 0.4) is 0 Å². The molecule has 7 heteroatoms. The Morgan fingerprint density at radius 2 is 1.88 bits per heavy atom. The van der Waals surface area contributed by atoms with Gasteiger partial charge in [0.25, 0.3) is 0 Å². The molecular weight excluding hydrogens is 451 g/mol. The average molecular weight is 479 g/mol. The first-order chi connectivity index (χ1) is 15.9. The molecule has 3 aromatic carbocycles. The lowest BCUT2D eigenvalue weighted by atomic mass is 9.92. The third kappa shape index (κ3) is 4.26. The summed E-state index contributed by atoms with van der Waals surface area (Å²) in [4.78, 5) is 12.1. The predicted octanol–water partition coefficient (Wildman–Crippen LogP) is 6.68. The Bertz CT molecular complexity index is 1360. The zero-order valence-corrected chi connectivity index (χ0v) is 20.5. The number of ether oxygens (including phenoxy) is 1. The van der Waals surface area contributed by atoms with Crippen LogP contribution in [0.4, 0.5) is 21.8 Å². The standard InChI is InChI=1S/C27H27FN4O.ClH/c1-16-8-10-21-18(3)32(13-12-19(21)14-16)26-22-6-5-7-24(33-4)25(22)30-27(31-26)29-23-11-9-20(28)15-17(23)2;/h5-11,14-15,18H,12-13H2,1-4H3,(H,29,30,31);1H. The molecule has 1 aliphatic heterocycles. The summed E-state index contributed by atoms with van der Waals surface area (Å²) in [7, 11) is 1.65. The van der Waals surface area contributed by atoms with Crippen molar-refractivity contribution in [3.8, 4) is 5.75 Å². The van der Waals surface area contributed by atoms with Gasteiger partial charge in [0.15, 0.2) is 0 Å². The predicted molar refractivity (Wildman–Crippen MR) is 138 cm³/mol. The van der Waals surface area contributed by atoms with Crippen molar-refractivity contribution in [2.24, 2.45) is 0 Å². The maximum Gasteiger partial charge on any atom is 0.229 e. The van der Waals surface area contributed by atoms with Crippen LogP contribution in [-0.4, -0.2) is 23.6 Å². The Hall–Kier alpha value is -3.38. The summed E-state index contributed by atoms with van der Waals surface area (Å²) >= 11 is 0. The summed E-state index contributed by atoms with van der Waals surface area (Å²) in [5.41, 5.74) is 6.31. The highest BCUT2D eigenvalue weighted by Crippen LogP contribution is 2.38. The van der Waals surface area contributed by atoms with Gasteiger partial charge in [0.1, 0.15) is 22.9 Å². The van der Waals surface area contributed by atoms with Gasteiger partial charge in [0, 0.05) is 17.6 Å². The number of fused-ring (bicyclic) bond motifs is 2. The van der Waals surface area contributed by atoms with Crippen LogP contribution < -0.4 is 15.0 Å². The third-order valence-corrected chi connectivity index (χ3v) is 6.43. The van der Waals surface area contributed by atoms with Gasteiger partial charge in [-0.1, -0.05) is 29.8 Å². The SMILES string of the molecule is COc1cccc2c(N3CCc4cc(C)ccc4C3C)nc(Nc3ccc(F)cc3C)nc12.Cl. The van der Waals surface area contributed by atoms with Crippen LogP contribution in [0.2, 0.25) is 0 Å². The molecule has 0 bridgehead atoms. The van der Waals surface area contributed by atoms with Crippen molar-refractivity contribution in [2.45, 2.75) is 33.2 Å². The van der Waals surface area contributed by atoms with E-state index in [2.05, 4.69) is 42.3 Å². The number of rotatable bonds is 4. The number of hydrogen-bond acceptors (Lipinski definition) is 5. The molecule has 0 radical (unpaired) electrons. The molecule has 0 amide bonds. The fraction of sp³-hybridized carbons (Fsp3) is 0.259. The van der Waals surface area contributed by atoms with E-state index in [0.29, 0.717) is 11.7 Å². The maximum atomic E-state index is 13.6. The fourth-order valence-corrected chi connectivity index (χ4v) is 4.69. The zero-order chi connectivity index (χ0) is 23.1. The van der Waals surface area contributed by atoms with Crippen LogP contribution in [0.25, 0.3) is 10.9 Å². The molecule has 1 aliphatic rings. The van der Waals surface area contributed by atoms with E-state index < -0.39 is 0 Å². The second-order valence-corrected chi connectivity index (χ2v) is 8.63. The van der Waals surface area contributed by atoms with Gasteiger partial charge in [-0.25, -0.2) is 9.37 Å². The first-order valence-electron chi connectivity index (χ1n) is 11.2. The highest BCUT2D eigenvalue weighted by atomic mass is 35.5. The second kappa shape index (κ2) is 9.47. The number of methoxy groups -OCH3 is 1. The number of aromatic nitrogens is 2. The number of nitrogens with zero attached hydrogens (tertiary/aromatic N) is 3. The van der Waals surface area contributed by atoms with E-state index in [1.165, 1.54) is 28.8 Å². The molecule has 0 spiro atoms. The van der Waals surface area contributed by atoms with Crippen LogP contribution in [-0.2, 0) is 6.42 Å². The molecule has 0 fully saturated rings. The van der Waals surface area contributed by atoms with Crippen LogP contribution in [0, 0.1) is 19.7 Å². The van der Waals surface area contributed by atoms with Gasteiger partial charge in [-0.05, 0) is 74.2 Å². The summed E-state index contributed by atoms with van der Waals surface area (Å²) in [6.45, 7) is 7.07. The third-order valence-electron chi connectivity index (χ3n) is 6.43. The Morgan fingerprint density at radius 3 is 2.65 bits per heavy atom. The highest BCUT2D eigenvalue weighted by molar-refractivity contribution is 5.95. The molecule has 0 saturated carbocycles. The van der Waals surface area contributed by atoms with E-state index in [1.807, 2.05) is 25.1 Å². The molecule has 0 aliphatic carbocycles. The van der Waals surface area contributed by atoms with Crippen molar-refractivity contribution < 1.29 is 9.13 Å². The van der Waals surface area contributed by atoms with Crippen molar-refractivity contribution in [1.82, 2.24) is 9.97 Å². The van der Waals surface area contributed by atoms with Gasteiger partial charge in [-0.3, -0.25) is 0 Å². The molecule has 5 rings (SSSR count). The minimum Gasteiger partial charge on any atom is -0.494 e. The Morgan fingerprint density at radius 1 is 1.06 bits per heavy atom. The zero-order valence-electron chi connectivity index (χ0n) is 19.7. The van der Waals surface area contributed by atoms with E-state index in [1.54, 1.807) is 13.2 Å². The summed E-state index contributed by atoms with van der Waals surface area (Å²) < 4.78 is 19.2. The molecule has 176 valence electrons. The molecule has 1 unspecified atom stereocenters. The lowest BCUT2D eigenvalue weighted by Gasteiger charge is -2.37. The first-order valence-corrected chi connectivity index (χ1v) is 11.2. The van der Waals surface area contributed by atoms with Crippen LogP contribution in [0.15, 0.2) is 54.6 Å². The van der Waals surface area contributed by atoms with E-state index in [-0.39, 0.29) is 24.3 Å². The van der Waals surface area contributed by atoms with E-state index >= 15 is 0 Å². The van der Waals surface area contributed by atoms with Gasteiger partial charge in [0.05, 0.1) is 13.2 Å². The number of hydrogen-bond donors (Lipinski definition) is 1. The summed E-state index contributed by atoms with van der Waals surface area (Å²) in [5.74, 6) is 1.74. The summed E-state index contributed by atoms with van der Waals surface area (Å²) in [6, 6.07) is 17.4. The second-order valence-electron chi connectivity index (χ2n) is 8.63. The molecule has 1 aromatic heterocycles. The Kier molecular flexibility index (Phi) is 6.62. The number of aryl methyl sites for hydroxylation is 2. The van der Waals surface area contributed by atoms with Crippen molar-refractivity contribution in [3.05, 3.63) is 82.7 Å². The lowest BCUT2D eigenvalue weighted by Crippen LogP contribution is -2.35. The van der Waals surface area contributed by atoms with Crippen molar-refractivity contribution in [2.75, 3.05) is 23.9 Å². The Balaban J connectivity index is 0.00000274. The van der Waals surface area contributed by atoms with Gasteiger partial charge < -0.3 is 15.0 Å². The molecule has 1 N–H and O–H groups in total. The normalized spacial score (nSPS) is 15.0. The topological polar surface area (TPSA) is 50.3 Å².